The van der Waals surface area contributed by atoms with Crippen molar-refractivity contribution < 1.29 is 14.6 Å². The van der Waals surface area contributed by atoms with Gasteiger partial charge in [-0.2, -0.15) is 0 Å². The molecule has 0 radical (unpaired) electrons. The summed E-state index contributed by atoms with van der Waals surface area (Å²) in [6.45, 7) is 0.331. The molecule has 172 valence electrons. The molecule has 0 atom stereocenters. The Kier molecular flexibility index (Phi) is 6.31. The molecule has 0 aliphatic carbocycles. The van der Waals surface area contributed by atoms with Gasteiger partial charge in [0.2, 0.25) is 5.91 Å². The summed E-state index contributed by atoms with van der Waals surface area (Å²) in [5, 5.41) is 18.5. The fraction of sp³-hybridized carbons (Fsp3) is 0.125. The van der Waals surface area contributed by atoms with Crippen LogP contribution < -0.4 is 15.4 Å². The summed E-state index contributed by atoms with van der Waals surface area (Å²) in [6, 6.07) is 15.4. The fourth-order valence-corrected chi connectivity index (χ4v) is 4.64. The molecule has 3 N–H and O–H groups in total. The molecule has 3 heterocycles. The highest BCUT2D eigenvalue weighted by Gasteiger charge is 2.12. The molecular formula is C24H20ClN5O3S. The molecule has 10 heteroatoms. The number of nitrogens with zero attached hydrogens (tertiary/aromatic N) is 3. The van der Waals surface area contributed by atoms with E-state index in [1.54, 1.807) is 17.4 Å². The first-order chi connectivity index (χ1) is 16.6. The molecular weight excluding hydrogens is 474 g/mol. The van der Waals surface area contributed by atoms with Crippen LogP contribution in [-0.4, -0.2) is 38.7 Å². The number of fused-ring (bicyclic) bond motifs is 2. The number of aromatic nitrogens is 3. The number of halogens is 1. The summed E-state index contributed by atoms with van der Waals surface area (Å²) in [5.74, 6) is 1.47. The lowest BCUT2D eigenvalue weighted by atomic mass is 10.2. The van der Waals surface area contributed by atoms with Gasteiger partial charge in [0.15, 0.2) is 5.82 Å². The largest absolute Gasteiger partial charge is 0.456 e. The highest BCUT2D eigenvalue weighted by atomic mass is 35.5. The van der Waals surface area contributed by atoms with E-state index in [9.17, 15) is 4.79 Å². The molecule has 5 rings (SSSR count). The highest BCUT2D eigenvalue weighted by Crippen LogP contribution is 2.35. The predicted octanol–water partition coefficient (Wildman–Crippen LogP) is 4.94. The number of hydrogen-bond donors (Lipinski definition) is 3. The smallest absolute Gasteiger partial charge is 0.245 e. The lowest BCUT2D eigenvalue weighted by Gasteiger charge is -2.13. The molecule has 0 aliphatic heterocycles. The van der Waals surface area contributed by atoms with Crippen LogP contribution in [0.25, 0.3) is 21.1 Å². The number of aliphatic hydroxyl groups excluding tert-OH is 1. The summed E-state index contributed by atoms with van der Waals surface area (Å²) < 4.78 is 9.10. The SMILES string of the molecule is O=C(CO)NCCn1ccc2ncnc(Nc3ccc(Oc4ccc5ccsc5c4)c(Cl)c3)c21. The number of thiophene rings is 1. The van der Waals surface area contributed by atoms with Crippen molar-refractivity contribution in [2.24, 2.45) is 0 Å². The number of ether oxygens (including phenoxy) is 1. The van der Waals surface area contributed by atoms with E-state index in [2.05, 4.69) is 26.7 Å². The number of rotatable bonds is 8. The van der Waals surface area contributed by atoms with Crippen LogP contribution >= 0.6 is 22.9 Å². The zero-order valence-corrected chi connectivity index (χ0v) is 19.4. The van der Waals surface area contributed by atoms with Crippen molar-refractivity contribution in [1.82, 2.24) is 19.9 Å². The van der Waals surface area contributed by atoms with E-state index in [1.807, 2.05) is 52.5 Å². The van der Waals surface area contributed by atoms with Crippen molar-refractivity contribution in [2.45, 2.75) is 6.54 Å². The molecule has 0 bridgehead atoms. The summed E-state index contributed by atoms with van der Waals surface area (Å²) in [6.07, 6.45) is 3.37. The average molecular weight is 494 g/mol. The van der Waals surface area contributed by atoms with E-state index in [1.165, 1.54) is 11.7 Å². The van der Waals surface area contributed by atoms with E-state index in [4.69, 9.17) is 21.4 Å². The number of carbonyl (C=O) groups excluding carboxylic acids is 1. The minimum absolute atomic E-state index is 0.368. The molecule has 0 fully saturated rings. The second-order valence-corrected chi connectivity index (χ2v) is 8.82. The number of aliphatic hydroxyl groups is 1. The summed E-state index contributed by atoms with van der Waals surface area (Å²) in [7, 11) is 0. The van der Waals surface area contributed by atoms with Crippen LogP contribution in [0.1, 0.15) is 0 Å². The zero-order chi connectivity index (χ0) is 23.5. The van der Waals surface area contributed by atoms with Crippen LogP contribution in [0.15, 0.2) is 66.4 Å². The lowest BCUT2D eigenvalue weighted by molar-refractivity contribution is -0.123. The summed E-state index contributed by atoms with van der Waals surface area (Å²) in [4.78, 5) is 20.0. The second kappa shape index (κ2) is 9.68. The minimum atomic E-state index is -0.536. The molecule has 5 aromatic rings. The van der Waals surface area contributed by atoms with Crippen LogP contribution in [0.4, 0.5) is 11.5 Å². The first kappa shape index (κ1) is 22.1. The van der Waals surface area contributed by atoms with E-state index in [0.29, 0.717) is 29.7 Å². The zero-order valence-electron chi connectivity index (χ0n) is 17.9. The number of anilines is 2. The Morgan fingerprint density at radius 2 is 2.06 bits per heavy atom. The van der Waals surface area contributed by atoms with Gasteiger partial charge in [0.25, 0.3) is 0 Å². The molecule has 3 aromatic heterocycles. The lowest BCUT2D eigenvalue weighted by Crippen LogP contribution is -2.29. The fourth-order valence-electron chi connectivity index (χ4n) is 3.61. The van der Waals surface area contributed by atoms with Gasteiger partial charge in [-0.1, -0.05) is 11.6 Å². The van der Waals surface area contributed by atoms with E-state index >= 15 is 0 Å². The van der Waals surface area contributed by atoms with Gasteiger partial charge in [0.05, 0.1) is 10.5 Å². The standard InChI is InChI=1S/C24H20ClN5O3S/c25-18-11-16(2-4-20(18)33-17-3-1-15-6-10-34-21(15)12-17)29-24-23-19(27-14-28-24)5-8-30(23)9-7-26-22(32)13-31/h1-6,8,10-12,14,31H,7,9,13H2,(H,26,32)(H,27,28,29). The van der Waals surface area contributed by atoms with Gasteiger partial charge in [0, 0.05) is 29.7 Å². The van der Waals surface area contributed by atoms with Crippen LogP contribution in [-0.2, 0) is 11.3 Å². The van der Waals surface area contributed by atoms with E-state index < -0.39 is 12.5 Å². The average Bonchev–Trinajstić information content (AvgIpc) is 3.48. The topological polar surface area (TPSA) is 101 Å². The van der Waals surface area contributed by atoms with Crippen LogP contribution in [0.2, 0.25) is 5.02 Å². The molecule has 0 saturated carbocycles. The second-order valence-electron chi connectivity index (χ2n) is 7.47. The predicted molar refractivity (Wildman–Crippen MR) is 134 cm³/mol. The van der Waals surface area contributed by atoms with Crippen molar-refractivity contribution in [1.29, 1.82) is 0 Å². The molecule has 0 saturated heterocycles. The number of nitrogens with one attached hydrogen (secondary N) is 2. The Morgan fingerprint density at radius 1 is 1.15 bits per heavy atom. The highest BCUT2D eigenvalue weighted by molar-refractivity contribution is 7.17. The van der Waals surface area contributed by atoms with Crippen LogP contribution in [0.5, 0.6) is 11.5 Å². The number of benzene rings is 2. The Labute approximate surface area is 203 Å². The van der Waals surface area contributed by atoms with Crippen LogP contribution in [0, 0.1) is 0 Å². The van der Waals surface area contributed by atoms with Crippen molar-refractivity contribution in [3.8, 4) is 11.5 Å². The van der Waals surface area contributed by atoms with Crippen molar-refractivity contribution in [3.05, 3.63) is 71.5 Å². The first-order valence-corrected chi connectivity index (χ1v) is 11.8. The van der Waals surface area contributed by atoms with Gasteiger partial charge < -0.3 is 25.0 Å². The van der Waals surface area contributed by atoms with Crippen LogP contribution in [0.3, 0.4) is 0 Å². The number of hydrogen-bond acceptors (Lipinski definition) is 7. The minimum Gasteiger partial charge on any atom is -0.456 e. The molecule has 0 aliphatic rings. The molecule has 0 spiro atoms. The van der Waals surface area contributed by atoms with E-state index in [0.717, 1.165) is 27.2 Å². The van der Waals surface area contributed by atoms with Gasteiger partial charge in [-0.15, -0.1) is 11.3 Å². The third-order valence-corrected chi connectivity index (χ3v) is 6.39. The molecule has 1 amide bonds. The number of carbonyl (C=O) groups is 1. The van der Waals surface area contributed by atoms with Crippen molar-refractivity contribution >= 4 is 61.5 Å². The monoisotopic (exact) mass is 493 g/mol. The number of amides is 1. The maximum absolute atomic E-state index is 11.3. The van der Waals surface area contributed by atoms with Crippen molar-refractivity contribution in [3.63, 3.8) is 0 Å². The summed E-state index contributed by atoms with van der Waals surface area (Å²) in [5.41, 5.74) is 2.30. The quantitative estimate of drug-likeness (QED) is 0.283. The molecule has 34 heavy (non-hydrogen) atoms. The third kappa shape index (κ3) is 4.67. The first-order valence-electron chi connectivity index (χ1n) is 10.5. The maximum Gasteiger partial charge on any atom is 0.245 e. The molecule has 0 unspecified atom stereocenters. The summed E-state index contributed by atoms with van der Waals surface area (Å²) >= 11 is 8.18. The Bertz CT molecular complexity index is 1480. The molecule has 8 nitrogen and oxygen atoms in total. The van der Waals surface area contributed by atoms with Gasteiger partial charge >= 0.3 is 0 Å². The molecule has 2 aromatic carbocycles. The Hall–Kier alpha value is -3.66. The van der Waals surface area contributed by atoms with Crippen molar-refractivity contribution in [2.75, 3.05) is 18.5 Å². The normalized spacial score (nSPS) is 11.1. The van der Waals surface area contributed by atoms with Gasteiger partial charge in [-0.25, -0.2) is 9.97 Å². The van der Waals surface area contributed by atoms with Gasteiger partial charge in [0.1, 0.15) is 29.9 Å². The van der Waals surface area contributed by atoms with Gasteiger partial charge in [-0.3, -0.25) is 4.79 Å². The van der Waals surface area contributed by atoms with Gasteiger partial charge in [-0.05, 0) is 59.3 Å². The Morgan fingerprint density at radius 3 is 2.91 bits per heavy atom. The maximum atomic E-state index is 11.3. The Balaban J connectivity index is 1.34. The van der Waals surface area contributed by atoms with E-state index in [-0.39, 0.29) is 0 Å². The third-order valence-electron chi connectivity index (χ3n) is 5.22.